The van der Waals surface area contributed by atoms with Crippen molar-refractivity contribution in [2.75, 3.05) is 19.6 Å². The van der Waals surface area contributed by atoms with Crippen LogP contribution in [-0.4, -0.2) is 42.1 Å². The largest absolute Gasteiger partial charge is 0.355 e. The first kappa shape index (κ1) is 16.9. The van der Waals surface area contributed by atoms with Gasteiger partial charge in [-0.05, 0) is 37.1 Å². The second-order valence-corrected chi connectivity index (χ2v) is 5.91. The summed E-state index contributed by atoms with van der Waals surface area (Å²) in [7, 11) is 0. The van der Waals surface area contributed by atoms with E-state index in [9.17, 15) is 14.4 Å². The number of carbonyl (C=O) groups excluding carboxylic acids is 3. The molecule has 1 aliphatic rings. The van der Waals surface area contributed by atoms with Crippen molar-refractivity contribution >= 4 is 17.6 Å². The topological polar surface area (TPSA) is 66.5 Å². The van der Waals surface area contributed by atoms with Gasteiger partial charge in [-0.15, -0.1) is 0 Å². The molecule has 1 aliphatic carbocycles. The van der Waals surface area contributed by atoms with Crippen molar-refractivity contribution in [2.45, 2.75) is 13.8 Å². The fourth-order valence-corrected chi connectivity index (χ4v) is 3.10. The molecule has 3 rings (SSSR count). The number of fused-ring (bicyclic) bond motifs is 3. The van der Waals surface area contributed by atoms with E-state index in [2.05, 4.69) is 5.32 Å². The SMILES string of the molecule is CCNC(=O)CN(CC)C(=O)c1ccc2c(c1)C(=O)c1ccccc1-2. The lowest BCUT2D eigenvalue weighted by Gasteiger charge is -2.20. The fraction of sp³-hybridized carbons (Fsp3) is 0.250. The van der Waals surface area contributed by atoms with Crippen LogP contribution in [0, 0.1) is 0 Å². The lowest BCUT2D eigenvalue weighted by molar-refractivity contribution is -0.121. The number of hydrogen-bond donors (Lipinski definition) is 1. The Kier molecular flexibility index (Phi) is 4.65. The average molecular weight is 336 g/mol. The molecule has 2 aromatic rings. The molecule has 0 aromatic heterocycles. The smallest absolute Gasteiger partial charge is 0.254 e. The Morgan fingerprint density at radius 2 is 1.64 bits per heavy atom. The summed E-state index contributed by atoms with van der Waals surface area (Å²) in [5.74, 6) is -0.505. The van der Waals surface area contributed by atoms with Crippen LogP contribution in [0.3, 0.4) is 0 Å². The van der Waals surface area contributed by atoms with Crippen LogP contribution in [0.1, 0.15) is 40.1 Å². The number of ketones is 1. The zero-order chi connectivity index (χ0) is 18.0. The molecule has 25 heavy (non-hydrogen) atoms. The van der Waals surface area contributed by atoms with E-state index in [0.717, 1.165) is 11.1 Å². The van der Waals surface area contributed by atoms with Gasteiger partial charge in [0.05, 0.1) is 6.54 Å². The first-order valence-electron chi connectivity index (χ1n) is 8.41. The summed E-state index contributed by atoms with van der Waals surface area (Å²) in [6, 6.07) is 12.6. The molecule has 0 radical (unpaired) electrons. The number of carbonyl (C=O) groups is 3. The molecule has 5 nitrogen and oxygen atoms in total. The summed E-state index contributed by atoms with van der Waals surface area (Å²) >= 11 is 0. The summed E-state index contributed by atoms with van der Waals surface area (Å²) in [4.78, 5) is 38.6. The Labute approximate surface area is 146 Å². The van der Waals surface area contributed by atoms with Gasteiger partial charge in [0.1, 0.15) is 0 Å². The van der Waals surface area contributed by atoms with Crippen molar-refractivity contribution in [2.24, 2.45) is 0 Å². The van der Waals surface area contributed by atoms with Crippen molar-refractivity contribution in [3.05, 3.63) is 59.2 Å². The summed E-state index contributed by atoms with van der Waals surface area (Å²) in [5.41, 5.74) is 3.38. The maximum atomic E-state index is 12.7. The molecule has 1 N–H and O–H groups in total. The molecule has 2 amide bonds. The van der Waals surface area contributed by atoms with Crippen LogP contribution >= 0.6 is 0 Å². The molecule has 5 heteroatoms. The van der Waals surface area contributed by atoms with Gasteiger partial charge in [0.2, 0.25) is 5.91 Å². The third-order valence-electron chi connectivity index (χ3n) is 4.35. The van der Waals surface area contributed by atoms with Crippen LogP contribution in [0.25, 0.3) is 11.1 Å². The fourth-order valence-electron chi connectivity index (χ4n) is 3.10. The minimum absolute atomic E-state index is 0.00836. The number of nitrogens with one attached hydrogen (secondary N) is 1. The first-order chi connectivity index (χ1) is 12.1. The number of rotatable bonds is 5. The van der Waals surface area contributed by atoms with Crippen molar-refractivity contribution < 1.29 is 14.4 Å². The molecule has 0 fully saturated rings. The highest BCUT2D eigenvalue weighted by atomic mass is 16.2. The molecule has 0 unspecified atom stereocenters. The van der Waals surface area contributed by atoms with Crippen LogP contribution in [-0.2, 0) is 4.79 Å². The number of amides is 2. The van der Waals surface area contributed by atoms with E-state index in [-0.39, 0.29) is 24.1 Å². The van der Waals surface area contributed by atoms with Gasteiger partial charge in [-0.25, -0.2) is 0 Å². The van der Waals surface area contributed by atoms with Gasteiger partial charge in [-0.1, -0.05) is 30.3 Å². The van der Waals surface area contributed by atoms with Crippen LogP contribution in [0.4, 0.5) is 0 Å². The summed E-state index contributed by atoms with van der Waals surface area (Å²) in [6.07, 6.45) is 0. The number of likely N-dealkylation sites (N-methyl/N-ethyl adjacent to an activating group) is 2. The Morgan fingerprint density at radius 3 is 2.32 bits per heavy atom. The number of hydrogen-bond acceptors (Lipinski definition) is 3. The summed E-state index contributed by atoms with van der Waals surface area (Å²) in [5, 5.41) is 2.69. The van der Waals surface area contributed by atoms with Crippen LogP contribution in [0.5, 0.6) is 0 Å². The van der Waals surface area contributed by atoms with Crippen molar-refractivity contribution in [1.82, 2.24) is 10.2 Å². The lowest BCUT2D eigenvalue weighted by atomic mass is 10.0. The van der Waals surface area contributed by atoms with E-state index in [1.165, 1.54) is 4.90 Å². The van der Waals surface area contributed by atoms with E-state index in [1.807, 2.05) is 38.1 Å². The Balaban J connectivity index is 1.89. The highest BCUT2D eigenvalue weighted by molar-refractivity contribution is 6.22. The van der Waals surface area contributed by atoms with E-state index in [4.69, 9.17) is 0 Å². The molecular weight excluding hydrogens is 316 g/mol. The zero-order valence-electron chi connectivity index (χ0n) is 14.3. The van der Waals surface area contributed by atoms with E-state index < -0.39 is 0 Å². The quantitative estimate of drug-likeness (QED) is 0.778. The molecular formula is C20H20N2O3. The Bertz CT molecular complexity index is 858. The van der Waals surface area contributed by atoms with E-state index in [1.54, 1.807) is 18.2 Å². The van der Waals surface area contributed by atoms with Crippen LogP contribution in [0.2, 0.25) is 0 Å². The van der Waals surface area contributed by atoms with Gasteiger partial charge in [-0.2, -0.15) is 0 Å². The molecule has 0 heterocycles. The minimum atomic E-state index is -0.250. The normalized spacial score (nSPS) is 11.7. The molecule has 0 bridgehead atoms. The second-order valence-electron chi connectivity index (χ2n) is 5.91. The van der Waals surface area contributed by atoms with Gasteiger partial charge in [0, 0.05) is 29.8 Å². The third kappa shape index (κ3) is 3.05. The van der Waals surface area contributed by atoms with Crippen molar-refractivity contribution in [3.63, 3.8) is 0 Å². The third-order valence-corrected chi connectivity index (χ3v) is 4.35. The standard InChI is InChI=1S/C20H20N2O3/c1-3-21-18(23)12-22(4-2)20(25)13-9-10-15-14-7-5-6-8-16(14)19(24)17(15)11-13/h5-11H,3-4,12H2,1-2H3,(H,21,23). The predicted octanol–water partition coefficient (Wildman–Crippen LogP) is 2.50. The number of nitrogens with zero attached hydrogens (tertiary/aromatic N) is 1. The molecule has 0 aliphatic heterocycles. The number of benzene rings is 2. The molecule has 0 saturated carbocycles. The van der Waals surface area contributed by atoms with Gasteiger partial charge in [0.25, 0.3) is 5.91 Å². The molecule has 2 aromatic carbocycles. The highest BCUT2D eigenvalue weighted by Crippen LogP contribution is 2.36. The van der Waals surface area contributed by atoms with Crippen molar-refractivity contribution in [1.29, 1.82) is 0 Å². The second kappa shape index (κ2) is 6.89. The van der Waals surface area contributed by atoms with E-state index >= 15 is 0 Å². The minimum Gasteiger partial charge on any atom is -0.355 e. The lowest BCUT2D eigenvalue weighted by Crippen LogP contribution is -2.40. The molecule has 0 saturated heterocycles. The molecule has 128 valence electrons. The zero-order valence-corrected chi connectivity index (χ0v) is 14.3. The van der Waals surface area contributed by atoms with Gasteiger partial charge < -0.3 is 10.2 Å². The highest BCUT2D eigenvalue weighted by Gasteiger charge is 2.28. The van der Waals surface area contributed by atoms with Gasteiger partial charge >= 0.3 is 0 Å². The maximum absolute atomic E-state index is 12.7. The molecule has 0 atom stereocenters. The van der Waals surface area contributed by atoms with Gasteiger partial charge in [-0.3, -0.25) is 14.4 Å². The summed E-state index contributed by atoms with van der Waals surface area (Å²) in [6.45, 7) is 4.61. The van der Waals surface area contributed by atoms with Crippen molar-refractivity contribution in [3.8, 4) is 11.1 Å². The Hall–Kier alpha value is -2.95. The Morgan fingerprint density at radius 1 is 0.960 bits per heavy atom. The first-order valence-corrected chi connectivity index (χ1v) is 8.41. The monoisotopic (exact) mass is 336 g/mol. The molecule has 0 spiro atoms. The van der Waals surface area contributed by atoms with Crippen LogP contribution < -0.4 is 5.32 Å². The maximum Gasteiger partial charge on any atom is 0.254 e. The van der Waals surface area contributed by atoms with E-state index in [0.29, 0.717) is 29.8 Å². The van der Waals surface area contributed by atoms with Gasteiger partial charge in [0.15, 0.2) is 5.78 Å². The predicted molar refractivity (Wildman–Crippen MR) is 95.6 cm³/mol. The van der Waals surface area contributed by atoms with Crippen LogP contribution in [0.15, 0.2) is 42.5 Å². The summed E-state index contributed by atoms with van der Waals surface area (Å²) < 4.78 is 0. The average Bonchev–Trinajstić information content (AvgIpc) is 2.92.